The normalized spacial score (nSPS) is 28.9. The standard InChI is InChI=1S/C11H21NO2/c1-11(4-8-13-9-5-11)14-10-2-6-12-7-3-10/h10,12H,2-9H2,1H3. The Hall–Kier alpha value is -0.120. The summed E-state index contributed by atoms with van der Waals surface area (Å²) in [6.07, 6.45) is 4.90. The third-order valence-corrected chi connectivity index (χ3v) is 3.29. The molecule has 3 nitrogen and oxygen atoms in total. The number of nitrogens with one attached hydrogen (secondary N) is 1. The second-order valence-electron chi connectivity index (χ2n) is 4.63. The maximum atomic E-state index is 6.20. The fraction of sp³-hybridized carbons (Fsp3) is 1.00. The molecule has 2 rings (SSSR count). The predicted molar refractivity (Wildman–Crippen MR) is 55.4 cm³/mol. The Labute approximate surface area is 86.2 Å². The van der Waals surface area contributed by atoms with Gasteiger partial charge in [0.15, 0.2) is 0 Å². The van der Waals surface area contributed by atoms with Crippen molar-refractivity contribution in [3.05, 3.63) is 0 Å². The van der Waals surface area contributed by atoms with Crippen LogP contribution in [-0.2, 0) is 9.47 Å². The van der Waals surface area contributed by atoms with Gasteiger partial charge in [-0.1, -0.05) is 0 Å². The van der Waals surface area contributed by atoms with Gasteiger partial charge in [0.1, 0.15) is 0 Å². The third-order valence-electron chi connectivity index (χ3n) is 3.29. The van der Waals surface area contributed by atoms with Crippen molar-refractivity contribution in [2.24, 2.45) is 0 Å². The Morgan fingerprint density at radius 2 is 1.86 bits per heavy atom. The maximum Gasteiger partial charge on any atom is 0.0702 e. The third kappa shape index (κ3) is 2.69. The van der Waals surface area contributed by atoms with Gasteiger partial charge >= 0.3 is 0 Å². The second-order valence-corrected chi connectivity index (χ2v) is 4.63. The molecule has 2 aliphatic heterocycles. The molecule has 0 bridgehead atoms. The summed E-state index contributed by atoms with van der Waals surface area (Å²) in [5, 5.41) is 3.36. The van der Waals surface area contributed by atoms with Crippen LogP contribution in [0.25, 0.3) is 0 Å². The first-order valence-electron chi connectivity index (χ1n) is 5.75. The summed E-state index contributed by atoms with van der Waals surface area (Å²) in [7, 11) is 0. The molecule has 2 saturated heterocycles. The van der Waals surface area contributed by atoms with Gasteiger partial charge in [0.2, 0.25) is 0 Å². The second kappa shape index (κ2) is 4.60. The van der Waals surface area contributed by atoms with E-state index in [0.29, 0.717) is 6.10 Å². The van der Waals surface area contributed by atoms with E-state index >= 15 is 0 Å². The van der Waals surface area contributed by atoms with E-state index in [9.17, 15) is 0 Å². The first-order valence-corrected chi connectivity index (χ1v) is 5.75. The minimum Gasteiger partial charge on any atom is -0.381 e. The Morgan fingerprint density at radius 1 is 1.21 bits per heavy atom. The summed E-state index contributed by atoms with van der Waals surface area (Å²) in [5.41, 5.74) is 0.0836. The lowest BCUT2D eigenvalue weighted by Gasteiger charge is -2.38. The van der Waals surface area contributed by atoms with Gasteiger partial charge in [-0.05, 0) is 45.7 Å². The molecule has 0 unspecified atom stereocenters. The SMILES string of the molecule is CC1(OC2CCNCC2)CCOCC1. The molecule has 82 valence electrons. The maximum absolute atomic E-state index is 6.20. The Bertz CT molecular complexity index is 172. The molecule has 0 atom stereocenters. The van der Waals surface area contributed by atoms with Crippen LogP contribution in [0.15, 0.2) is 0 Å². The predicted octanol–water partition coefficient (Wildman–Crippen LogP) is 1.32. The van der Waals surface area contributed by atoms with E-state index < -0.39 is 0 Å². The molecule has 0 amide bonds. The van der Waals surface area contributed by atoms with Crippen LogP contribution < -0.4 is 5.32 Å². The molecule has 0 aromatic rings. The molecule has 0 saturated carbocycles. The van der Waals surface area contributed by atoms with Crippen LogP contribution in [0.2, 0.25) is 0 Å². The van der Waals surface area contributed by atoms with Gasteiger partial charge in [-0.15, -0.1) is 0 Å². The fourth-order valence-corrected chi connectivity index (χ4v) is 2.24. The summed E-state index contributed by atoms with van der Waals surface area (Å²) >= 11 is 0. The highest BCUT2D eigenvalue weighted by atomic mass is 16.5. The Balaban J connectivity index is 1.81. The zero-order valence-electron chi connectivity index (χ0n) is 9.05. The average Bonchev–Trinajstić information content (AvgIpc) is 2.19. The number of rotatable bonds is 2. The van der Waals surface area contributed by atoms with Crippen molar-refractivity contribution in [3.63, 3.8) is 0 Å². The summed E-state index contributed by atoms with van der Waals surface area (Å²) in [6.45, 7) is 6.18. The van der Waals surface area contributed by atoms with Gasteiger partial charge in [-0.3, -0.25) is 0 Å². The number of hydrogen-bond acceptors (Lipinski definition) is 3. The van der Waals surface area contributed by atoms with Crippen molar-refractivity contribution in [1.82, 2.24) is 5.32 Å². The number of hydrogen-bond donors (Lipinski definition) is 1. The van der Waals surface area contributed by atoms with Crippen molar-refractivity contribution >= 4 is 0 Å². The zero-order chi connectivity index (χ0) is 9.86. The van der Waals surface area contributed by atoms with Crippen molar-refractivity contribution in [2.45, 2.75) is 44.3 Å². The van der Waals surface area contributed by atoms with E-state index in [1.165, 1.54) is 0 Å². The molecule has 0 spiro atoms. The first kappa shape index (κ1) is 10.4. The van der Waals surface area contributed by atoms with Crippen LogP contribution in [-0.4, -0.2) is 38.0 Å². The molecule has 3 heteroatoms. The van der Waals surface area contributed by atoms with Gasteiger partial charge in [0, 0.05) is 13.2 Å². The van der Waals surface area contributed by atoms with Crippen molar-refractivity contribution in [3.8, 4) is 0 Å². The summed E-state index contributed by atoms with van der Waals surface area (Å²) in [5.74, 6) is 0. The highest BCUT2D eigenvalue weighted by Gasteiger charge is 2.31. The van der Waals surface area contributed by atoms with Crippen molar-refractivity contribution in [1.29, 1.82) is 0 Å². The summed E-state index contributed by atoms with van der Waals surface area (Å²) in [4.78, 5) is 0. The van der Waals surface area contributed by atoms with Crippen LogP contribution in [0.3, 0.4) is 0 Å². The van der Waals surface area contributed by atoms with E-state index in [2.05, 4.69) is 12.2 Å². The fourth-order valence-electron chi connectivity index (χ4n) is 2.24. The van der Waals surface area contributed by atoms with Crippen LogP contribution >= 0.6 is 0 Å². The Kier molecular flexibility index (Phi) is 3.42. The lowest BCUT2D eigenvalue weighted by atomic mass is 9.95. The van der Waals surface area contributed by atoms with Gasteiger partial charge in [-0.2, -0.15) is 0 Å². The smallest absolute Gasteiger partial charge is 0.0702 e. The van der Waals surface area contributed by atoms with Gasteiger partial charge < -0.3 is 14.8 Å². The van der Waals surface area contributed by atoms with E-state index in [-0.39, 0.29) is 5.60 Å². The highest BCUT2D eigenvalue weighted by molar-refractivity contribution is 4.81. The molecule has 0 aliphatic carbocycles. The van der Waals surface area contributed by atoms with Crippen molar-refractivity contribution in [2.75, 3.05) is 26.3 Å². The monoisotopic (exact) mass is 199 g/mol. The Morgan fingerprint density at radius 3 is 2.50 bits per heavy atom. The number of ether oxygens (including phenoxy) is 2. The molecule has 0 radical (unpaired) electrons. The highest BCUT2D eigenvalue weighted by Crippen LogP contribution is 2.27. The largest absolute Gasteiger partial charge is 0.381 e. The lowest BCUT2D eigenvalue weighted by molar-refractivity contribution is -0.138. The summed E-state index contributed by atoms with van der Waals surface area (Å²) < 4.78 is 11.6. The van der Waals surface area contributed by atoms with Gasteiger partial charge in [0.25, 0.3) is 0 Å². The molecule has 1 N–H and O–H groups in total. The van der Waals surface area contributed by atoms with E-state index in [0.717, 1.165) is 52.0 Å². The van der Waals surface area contributed by atoms with E-state index in [1.54, 1.807) is 0 Å². The quantitative estimate of drug-likeness (QED) is 0.727. The van der Waals surface area contributed by atoms with E-state index in [1.807, 2.05) is 0 Å². The average molecular weight is 199 g/mol. The topological polar surface area (TPSA) is 30.5 Å². The minimum atomic E-state index is 0.0836. The van der Waals surface area contributed by atoms with Crippen LogP contribution in [0.4, 0.5) is 0 Å². The molecule has 2 aliphatic rings. The number of piperidine rings is 1. The van der Waals surface area contributed by atoms with Crippen LogP contribution in [0.1, 0.15) is 32.6 Å². The first-order chi connectivity index (χ1) is 6.79. The van der Waals surface area contributed by atoms with Crippen LogP contribution in [0, 0.1) is 0 Å². The van der Waals surface area contributed by atoms with Gasteiger partial charge in [-0.25, -0.2) is 0 Å². The van der Waals surface area contributed by atoms with Gasteiger partial charge in [0.05, 0.1) is 11.7 Å². The van der Waals surface area contributed by atoms with Crippen molar-refractivity contribution < 1.29 is 9.47 Å². The zero-order valence-corrected chi connectivity index (χ0v) is 9.05. The molecule has 14 heavy (non-hydrogen) atoms. The molecule has 0 aromatic carbocycles. The van der Waals surface area contributed by atoms with Crippen LogP contribution in [0.5, 0.6) is 0 Å². The summed E-state index contributed by atoms with van der Waals surface area (Å²) in [6, 6.07) is 0. The lowest BCUT2D eigenvalue weighted by Crippen LogP contribution is -2.42. The molecule has 0 aromatic heterocycles. The molecular formula is C11H21NO2. The molecule has 2 heterocycles. The molecular weight excluding hydrogens is 178 g/mol. The molecule has 2 fully saturated rings. The van der Waals surface area contributed by atoms with E-state index in [4.69, 9.17) is 9.47 Å². The minimum absolute atomic E-state index is 0.0836.